The predicted molar refractivity (Wildman–Crippen MR) is 124 cm³/mol. The lowest BCUT2D eigenvalue weighted by Crippen LogP contribution is -2.33. The van der Waals surface area contributed by atoms with E-state index in [4.69, 9.17) is 14.2 Å². The zero-order valence-corrected chi connectivity index (χ0v) is 19.8. The van der Waals surface area contributed by atoms with Crippen molar-refractivity contribution in [2.75, 3.05) is 13.7 Å². The van der Waals surface area contributed by atoms with Crippen LogP contribution in [0.25, 0.3) is 0 Å². The molecule has 0 fully saturated rings. The Morgan fingerprint density at radius 2 is 1.71 bits per heavy atom. The molecule has 0 aliphatic rings. The van der Waals surface area contributed by atoms with Crippen LogP contribution in [0.3, 0.4) is 0 Å². The standard InChI is InChI=1S/C26H37NO4/c1-19(2)14-22-16-24(30-17-20-10-8-7-9-11-20)21(15-23(22)18-29-6)12-13-27-25(28)31-26(3,4)5/h7-11,15-16,19H,12-14,17-18H2,1-6H3,(H,27,28). The summed E-state index contributed by atoms with van der Waals surface area (Å²) in [5.41, 5.74) is 4.05. The minimum atomic E-state index is -0.516. The molecule has 170 valence electrons. The Morgan fingerprint density at radius 1 is 1.00 bits per heavy atom. The summed E-state index contributed by atoms with van der Waals surface area (Å²) >= 11 is 0. The summed E-state index contributed by atoms with van der Waals surface area (Å²) in [4.78, 5) is 12.0. The van der Waals surface area contributed by atoms with Gasteiger partial charge in [0.2, 0.25) is 0 Å². The largest absolute Gasteiger partial charge is 0.489 e. The summed E-state index contributed by atoms with van der Waals surface area (Å²) in [6.45, 7) is 11.5. The molecule has 5 nitrogen and oxygen atoms in total. The zero-order valence-electron chi connectivity index (χ0n) is 19.8. The van der Waals surface area contributed by atoms with Crippen molar-refractivity contribution in [2.45, 2.75) is 66.3 Å². The fourth-order valence-electron chi connectivity index (χ4n) is 3.32. The number of alkyl carbamates (subject to hydrolysis) is 1. The fraction of sp³-hybridized carbons (Fsp3) is 0.500. The molecule has 2 aromatic carbocycles. The number of benzene rings is 2. The van der Waals surface area contributed by atoms with E-state index in [9.17, 15) is 4.79 Å². The second-order valence-electron chi connectivity index (χ2n) is 9.21. The van der Waals surface area contributed by atoms with Gasteiger partial charge < -0.3 is 19.5 Å². The lowest BCUT2D eigenvalue weighted by molar-refractivity contribution is 0.0528. The second kappa shape index (κ2) is 11.8. The monoisotopic (exact) mass is 427 g/mol. The molecule has 2 aromatic rings. The number of carbonyl (C=O) groups is 1. The Labute approximate surface area is 187 Å². The lowest BCUT2D eigenvalue weighted by Gasteiger charge is -2.20. The molecule has 0 unspecified atom stereocenters. The van der Waals surface area contributed by atoms with E-state index in [0.717, 1.165) is 28.9 Å². The Bertz CT molecular complexity index is 825. The molecule has 0 aliphatic heterocycles. The molecule has 5 heteroatoms. The smallest absolute Gasteiger partial charge is 0.407 e. The van der Waals surface area contributed by atoms with E-state index in [0.29, 0.717) is 32.1 Å². The van der Waals surface area contributed by atoms with Gasteiger partial charge in [-0.15, -0.1) is 0 Å². The Morgan fingerprint density at radius 3 is 2.32 bits per heavy atom. The van der Waals surface area contributed by atoms with Gasteiger partial charge >= 0.3 is 6.09 Å². The van der Waals surface area contributed by atoms with Crippen LogP contribution in [-0.4, -0.2) is 25.3 Å². The van der Waals surface area contributed by atoms with Gasteiger partial charge in [-0.25, -0.2) is 4.79 Å². The van der Waals surface area contributed by atoms with Gasteiger partial charge in [0, 0.05) is 13.7 Å². The summed E-state index contributed by atoms with van der Waals surface area (Å²) in [6.07, 6.45) is 1.19. The van der Waals surface area contributed by atoms with Gasteiger partial charge in [0.15, 0.2) is 0 Å². The van der Waals surface area contributed by atoms with Crippen molar-refractivity contribution in [2.24, 2.45) is 5.92 Å². The Kier molecular flexibility index (Phi) is 9.38. The minimum Gasteiger partial charge on any atom is -0.489 e. The molecular weight excluding hydrogens is 390 g/mol. The van der Waals surface area contributed by atoms with E-state index in [2.05, 4.69) is 43.4 Å². The number of ether oxygens (including phenoxy) is 3. The van der Waals surface area contributed by atoms with Gasteiger partial charge in [-0.2, -0.15) is 0 Å². The van der Waals surface area contributed by atoms with Gasteiger partial charge in [0.05, 0.1) is 6.61 Å². The fourth-order valence-corrected chi connectivity index (χ4v) is 3.32. The van der Waals surface area contributed by atoms with E-state index in [1.54, 1.807) is 7.11 Å². The molecule has 0 aromatic heterocycles. The van der Waals surface area contributed by atoms with Crippen molar-refractivity contribution < 1.29 is 19.0 Å². The highest BCUT2D eigenvalue weighted by Gasteiger charge is 2.17. The number of hydrogen-bond acceptors (Lipinski definition) is 4. The van der Waals surface area contributed by atoms with E-state index in [-0.39, 0.29) is 0 Å². The van der Waals surface area contributed by atoms with E-state index in [1.165, 1.54) is 5.56 Å². The van der Waals surface area contributed by atoms with Crippen LogP contribution in [-0.2, 0) is 35.5 Å². The van der Waals surface area contributed by atoms with Crippen molar-refractivity contribution in [3.8, 4) is 5.75 Å². The SMILES string of the molecule is COCc1cc(CCNC(=O)OC(C)(C)C)c(OCc2ccccc2)cc1CC(C)C. The van der Waals surface area contributed by atoms with Crippen LogP contribution in [0.1, 0.15) is 56.9 Å². The third-order valence-corrected chi connectivity index (χ3v) is 4.61. The number of hydrogen-bond donors (Lipinski definition) is 1. The van der Waals surface area contributed by atoms with Crippen LogP contribution in [0.2, 0.25) is 0 Å². The molecule has 0 saturated heterocycles. The summed E-state index contributed by atoms with van der Waals surface area (Å²) in [5, 5.41) is 2.84. The summed E-state index contributed by atoms with van der Waals surface area (Å²) < 4.78 is 17.0. The van der Waals surface area contributed by atoms with E-state index < -0.39 is 11.7 Å². The van der Waals surface area contributed by atoms with Crippen LogP contribution >= 0.6 is 0 Å². The van der Waals surface area contributed by atoms with Crippen molar-refractivity contribution in [1.29, 1.82) is 0 Å². The highest BCUT2D eigenvalue weighted by Crippen LogP contribution is 2.28. The molecule has 1 amide bonds. The van der Waals surface area contributed by atoms with Gasteiger partial charge in [0.25, 0.3) is 0 Å². The quantitative estimate of drug-likeness (QED) is 0.530. The third-order valence-electron chi connectivity index (χ3n) is 4.61. The van der Waals surface area contributed by atoms with Crippen LogP contribution < -0.4 is 10.1 Å². The van der Waals surface area contributed by atoms with Crippen LogP contribution in [0.5, 0.6) is 5.75 Å². The summed E-state index contributed by atoms with van der Waals surface area (Å²) in [5.74, 6) is 1.38. The molecule has 0 bridgehead atoms. The average Bonchev–Trinajstić information content (AvgIpc) is 2.68. The Hall–Kier alpha value is -2.53. The first-order chi connectivity index (χ1) is 14.7. The van der Waals surface area contributed by atoms with Gasteiger partial charge in [0.1, 0.15) is 18.0 Å². The van der Waals surface area contributed by atoms with Crippen molar-refractivity contribution in [3.05, 3.63) is 64.7 Å². The lowest BCUT2D eigenvalue weighted by atomic mass is 9.95. The number of amides is 1. The molecule has 0 saturated carbocycles. The maximum absolute atomic E-state index is 12.0. The van der Waals surface area contributed by atoms with Crippen LogP contribution in [0, 0.1) is 5.92 Å². The normalized spacial score (nSPS) is 11.5. The predicted octanol–water partition coefficient (Wildman–Crippen LogP) is 5.68. The first-order valence-electron chi connectivity index (χ1n) is 10.9. The maximum Gasteiger partial charge on any atom is 0.407 e. The molecular formula is C26H37NO4. The van der Waals surface area contributed by atoms with E-state index in [1.807, 2.05) is 39.0 Å². The van der Waals surface area contributed by atoms with Crippen molar-refractivity contribution in [3.63, 3.8) is 0 Å². The van der Waals surface area contributed by atoms with Crippen molar-refractivity contribution >= 4 is 6.09 Å². The van der Waals surface area contributed by atoms with Gasteiger partial charge in [-0.05, 0) is 73.9 Å². The number of methoxy groups -OCH3 is 1. The summed E-state index contributed by atoms with van der Waals surface area (Å²) in [6, 6.07) is 14.4. The molecule has 2 rings (SSSR count). The number of carbonyl (C=O) groups excluding carboxylic acids is 1. The highest BCUT2D eigenvalue weighted by atomic mass is 16.6. The maximum atomic E-state index is 12.0. The molecule has 0 spiro atoms. The topological polar surface area (TPSA) is 56.8 Å². The molecule has 0 radical (unpaired) electrons. The molecule has 0 aliphatic carbocycles. The third kappa shape index (κ3) is 9.01. The Balaban J connectivity index is 2.20. The number of rotatable bonds is 10. The van der Waals surface area contributed by atoms with Crippen LogP contribution in [0.15, 0.2) is 42.5 Å². The first kappa shape index (κ1) is 24.7. The zero-order chi connectivity index (χ0) is 22.9. The van der Waals surface area contributed by atoms with Crippen molar-refractivity contribution in [1.82, 2.24) is 5.32 Å². The van der Waals surface area contributed by atoms with E-state index >= 15 is 0 Å². The second-order valence-corrected chi connectivity index (χ2v) is 9.21. The highest BCUT2D eigenvalue weighted by molar-refractivity contribution is 5.67. The van der Waals surface area contributed by atoms with Gasteiger partial charge in [-0.3, -0.25) is 0 Å². The summed E-state index contributed by atoms with van der Waals surface area (Å²) in [7, 11) is 1.71. The molecule has 0 atom stereocenters. The van der Waals surface area contributed by atoms with Crippen LogP contribution in [0.4, 0.5) is 4.79 Å². The number of nitrogens with one attached hydrogen (secondary N) is 1. The molecule has 1 N–H and O–H groups in total. The first-order valence-corrected chi connectivity index (χ1v) is 10.9. The average molecular weight is 428 g/mol. The minimum absolute atomic E-state index is 0.409. The molecule has 31 heavy (non-hydrogen) atoms. The van der Waals surface area contributed by atoms with Gasteiger partial charge in [-0.1, -0.05) is 44.2 Å². The molecule has 0 heterocycles.